The van der Waals surface area contributed by atoms with Gasteiger partial charge in [0, 0.05) is 59.7 Å². The number of nitrogens with one attached hydrogen (secondary N) is 1. The van der Waals surface area contributed by atoms with Crippen LogP contribution in [-0.2, 0) is 13.6 Å². The monoisotopic (exact) mass is 1540 g/mol. The SMILES string of the molecule is C(=Cc1ccc(-c2ccccc2)cc1)c1ccc(-c2ccccc2)cc1.CC[n+]1ccc(C=CC=Cc2ccc(N(C)C)cc2)cc1.Cc1cccc2oc(C=CC=CC=CC=C3Nc4ccccc4O3)[n+](C)c12.I.c1ccc(-c2ccc(-c3ccccc3)o2)cc1.c1ccc(-c2cnc(-c3ccccc3)o2)cc1. The molecule has 0 spiro atoms. The predicted octanol–water partition coefficient (Wildman–Crippen LogP) is 25.3. The number of nitrogens with zero attached hydrogens (tertiary/aromatic N) is 4. The molecule has 0 fully saturated rings. The van der Waals surface area contributed by atoms with Crippen LogP contribution >= 0.6 is 24.0 Å². The van der Waals surface area contributed by atoms with Crippen molar-refractivity contribution in [1.29, 1.82) is 0 Å². The molecule has 15 aromatic rings. The van der Waals surface area contributed by atoms with Crippen LogP contribution in [0.3, 0.4) is 0 Å². The smallest absolute Gasteiger partial charge is 0.373 e. The molecule has 11 aromatic carbocycles. The number of fused-ring (bicyclic) bond motifs is 2. The Morgan fingerprint density at radius 2 is 0.817 bits per heavy atom. The van der Waals surface area contributed by atoms with Gasteiger partial charge in [0.15, 0.2) is 29.8 Å². The van der Waals surface area contributed by atoms with Crippen LogP contribution in [0.1, 0.15) is 40.6 Å². The molecule has 9 nitrogen and oxygen atoms in total. The normalized spacial score (nSPS) is 11.8. The molecule has 5 heterocycles. The Labute approximate surface area is 657 Å². The summed E-state index contributed by atoms with van der Waals surface area (Å²) in [4.78, 5) is 6.40. The highest BCUT2D eigenvalue weighted by atomic mass is 127. The van der Waals surface area contributed by atoms with Crippen molar-refractivity contribution < 1.29 is 27.1 Å². The highest BCUT2D eigenvalue weighted by Gasteiger charge is 2.18. The van der Waals surface area contributed by atoms with E-state index >= 15 is 0 Å². The minimum Gasteiger partial charge on any atom is -0.456 e. The van der Waals surface area contributed by atoms with Gasteiger partial charge >= 0.3 is 5.89 Å². The summed E-state index contributed by atoms with van der Waals surface area (Å²) in [6.07, 6.45) is 32.3. The van der Waals surface area contributed by atoms with E-state index in [0.29, 0.717) is 5.89 Å². The number of para-hydroxylation sites is 3. The second-order valence-electron chi connectivity index (χ2n) is 25.4. The molecule has 1 N–H and O–H groups in total. The summed E-state index contributed by atoms with van der Waals surface area (Å²) < 4.78 is 27.4. The van der Waals surface area contributed by atoms with Gasteiger partial charge in [0.25, 0.3) is 5.52 Å². The van der Waals surface area contributed by atoms with Crippen molar-refractivity contribution in [2.45, 2.75) is 20.4 Å². The van der Waals surface area contributed by atoms with Crippen LogP contribution in [0.4, 0.5) is 11.4 Å². The maximum atomic E-state index is 5.90. The summed E-state index contributed by atoms with van der Waals surface area (Å²) >= 11 is 0. The van der Waals surface area contributed by atoms with E-state index in [4.69, 9.17) is 18.0 Å². The number of aryl methyl sites for hydroxylation is 3. The van der Waals surface area contributed by atoms with E-state index < -0.39 is 0 Å². The first-order valence-electron chi connectivity index (χ1n) is 36.2. The fourth-order valence-corrected chi connectivity index (χ4v) is 11.7. The van der Waals surface area contributed by atoms with Crippen molar-refractivity contribution in [3.63, 3.8) is 0 Å². The number of ether oxygens (including phenoxy) is 1. The number of hydrogen-bond acceptors (Lipinski definition) is 7. The zero-order valence-electron chi connectivity index (χ0n) is 61.9. The number of allylic oxidation sites excluding steroid dienone is 8. The number of aromatic nitrogens is 3. The molecule has 0 radical (unpaired) electrons. The van der Waals surface area contributed by atoms with Gasteiger partial charge in [-0.25, -0.2) is 9.55 Å². The lowest BCUT2D eigenvalue weighted by molar-refractivity contribution is -0.693. The first-order chi connectivity index (χ1) is 53.2. The maximum absolute atomic E-state index is 5.90. The standard InChI is InChI=1S/C26H20.C23H20N2O2.C19H23N2.C16H12O.C15H11NO.HI/c1-3-7-23(8-4-1)25-17-13-21(14-18-25)11-12-22-15-19-26(20-16-22)24-9-5-2-6-10-24;1-17-11-10-14-20-23(17)25(2)22(27-20)16-7-5-3-4-6-15-21-24-18-12-8-9-13-19(18)26-21;1-4-21-15-13-18(14-16-21)8-6-5-7-17-9-11-19(12-10-17)20(2)3;1-3-7-13(8-4-1)15-11-12-16(17-15)14-9-5-2-6-10-14;1-3-7-12(8-4-1)14-11-16-15(17-14)13-9-5-2-6-10-13;/h1-20H;3-16H,1-2H3;5-16H,4H2,1-3H3;1-12H;1-11H;1H/q;;+1;;;/p+1. The summed E-state index contributed by atoms with van der Waals surface area (Å²) in [5.74, 6) is 5.66. The number of benzene rings is 11. The summed E-state index contributed by atoms with van der Waals surface area (Å²) in [5, 5.41) is 3.22. The molecule has 538 valence electrons. The van der Waals surface area contributed by atoms with Crippen LogP contribution in [0.25, 0.3) is 109 Å². The molecule has 0 saturated carbocycles. The summed E-state index contributed by atoms with van der Waals surface area (Å²) in [5.41, 5.74) is 19.5. The highest BCUT2D eigenvalue weighted by molar-refractivity contribution is 14.0. The van der Waals surface area contributed by atoms with Crippen LogP contribution in [0.5, 0.6) is 5.75 Å². The lowest BCUT2D eigenvalue weighted by atomic mass is 10.0. The second kappa shape index (κ2) is 40.4. The Morgan fingerprint density at radius 3 is 1.32 bits per heavy atom. The molecule has 1 aliphatic heterocycles. The van der Waals surface area contributed by atoms with Crippen molar-refractivity contribution in [3.05, 3.63) is 428 Å². The Morgan fingerprint density at radius 1 is 0.385 bits per heavy atom. The van der Waals surface area contributed by atoms with Gasteiger partial charge in [-0.1, -0.05) is 322 Å². The van der Waals surface area contributed by atoms with Crippen LogP contribution in [-0.4, -0.2) is 19.1 Å². The zero-order chi connectivity index (χ0) is 74.3. The number of pyridine rings is 1. The van der Waals surface area contributed by atoms with E-state index in [1.54, 1.807) is 6.20 Å². The molecular formula is C99H88IN5O4+2. The number of halogens is 1. The Kier molecular flexibility index (Phi) is 28.5. The molecule has 1 aliphatic rings. The van der Waals surface area contributed by atoms with Gasteiger partial charge < -0.3 is 28.2 Å². The highest BCUT2D eigenvalue weighted by Crippen LogP contribution is 2.33. The number of furan rings is 1. The fourth-order valence-electron chi connectivity index (χ4n) is 11.7. The van der Waals surface area contributed by atoms with Gasteiger partial charge in [-0.3, -0.25) is 0 Å². The van der Waals surface area contributed by atoms with Gasteiger partial charge in [-0.15, -0.1) is 24.0 Å². The third-order valence-electron chi connectivity index (χ3n) is 17.6. The Balaban J connectivity index is 0.000000137. The van der Waals surface area contributed by atoms with E-state index in [9.17, 15) is 0 Å². The second-order valence-corrected chi connectivity index (χ2v) is 25.4. The van der Waals surface area contributed by atoms with Crippen LogP contribution < -0.4 is 24.1 Å². The van der Waals surface area contributed by atoms with Crippen molar-refractivity contribution >= 4 is 76.8 Å². The molecule has 0 aliphatic carbocycles. The number of rotatable bonds is 17. The van der Waals surface area contributed by atoms with Gasteiger partial charge in [0.2, 0.25) is 11.5 Å². The summed E-state index contributed by atoms with van der Waals surface area (Å²) in [7, 11) is 6.12. The average Bonchev–Trinajstić information content (AvgIpc) is 1.65. The van der Waals surface area contributed by atoms with Crippen LogP contribution in [0.15, 0.2) is 408 Å². The molecule has 4 aromatic heterocycles. The van der Waals surface area contributed by atoms with Gasteiger partial charge in [-0.05, 0) is 119 Å². The lowest BCUT2D eigenvalue weighted by Crippen LogP contribution is -2.30. The van der Waals surface area contributed by atoms with Gasteiger partial charge in [0.05, 0.1) is 18.0 Å². The molecule has 0 atom stereocenters. The first kappa shape index (κ1) is 77.0. The quantitative estimate of drug-likeness (QED) is 0.0421. The Bertz CT molecular complexity index is 5140. The van der Waals surface area contributed by atoms with E-state index in [2.05, 4.69) is 241 Å². The zero-order valence-corrected chi connectivity index (χ0v) is 64.2. The summed E-state index contributed by atoms with van der Waals surface area (Å²) in [6.45, 7) is 5.23. The van der Waals surface area contributed by atoms with E-state index in [-0.39, 0.29) is 24.0 Å². The fraction of sp³-hybridized carbons (Fsp3) is 0.0606. The van der Waals surface area contributed by atoms with E-state index in [1.165, 1.54) is 55.8 Å². The topological polar surface area (TPSA) is 84.6 Å². The molecule has 0 saturated heterocycles. The lowest BCUT2D eigenvalue weighted by Gasteiger charge is -2.11. The molecule has 109 heavy (non-hydrogen) atoms. The molecule has 0 unspecified atom stereocenters. The Hall–Kier alpha value is -13.2. The first-order valence-corrected chi connectivity index (χ1v) is 36.2. The summed E-state index contributed by atoms with van der Waals surface area (Å²) in [6, 6.07) is 109. The molecule has 16 rings (SSSR count). The van der Waals surface area contributed by atoms with Crippen molar-refractivity contribution in [1.82, 2.24) is 4.98 Å². The van der Waals surface area contributed by atoms with E-state index in [0.717, 1.165) is 80.4 Å². The molecule has 10 heteroatoms. The predicted molar refractivity (Wildman–Crippen MR) is 464 cm³/mol. The average molecular weight is 1540 g/mol. The third kappa shape index (κ3) is 22.7. The molecule has 0 amide bonds. The van der Waals surface area contributed by atoms with Crippen molar-refractivity contribution in [2.75, 3.05) is 24.3 Å². The van der Waals surface area contributed by atoms with Gasteiger partial charge in [0.1, 0.15) is 25.1 Å². The van der Waals surface area contributed by atoms with Crippen LogP contribution in [0, 0.1) is 6.92 Å². The molecule has 0 bridgehead atoms. The van der Waals surface area contributed by atoms with E-state index in [1.807, 2.05) is 232 Å². The molecular weight excluding hydrogens is 1450 g/mol. The van der Waals surface area contributed by atoms with Gasteiger partial charge in [-0.2, -0.15) is 4.57 Å². The number of oxazole rings is 2. The number of anilines is 2. The van der Waals surface area contributed by atoms with Crippen molar-refractivity contribution in [3.8, 4) is 73.4 Å². The number of hydrogen-bond donors (Lipinski definition) is 1. The van der Waals surface area contributed by atoms with Crippen LogP contribution in [0.2, 0.25) is 0 Å². The van der Waals surface area contributed by atoms with Crippen molar-refractivity contribution in [2.24, 2.45) is 7.05 Å². The third-order valence-corrected chi connectivity index (χ3v) is 17.6. The largest absolute Gasteiger partial charge is 0.456 e. The maximum Gasteiger partial charge on any atom is 0.373 e. The minimum absolute atomic E-state index is 0. The minimum atomic E-state index is 0.